The molecule has 0 atom stereocenters. The van der Waals surface area contributed by atoms with Crippen molar-refractivity contribution in [1.29, 1.82) is 0 Å². The number of rotatable bonds is 5. The van der Waals surface area contributed by atoms with E-state index in [1.54, 1.807) is 4.57 Å². The second-order valence-electron chi connectivity index (χ2n) is 4.39. The fraction of sp³-hybridized carbons (Fsp3) is 0.455. The molecule has 7 nitrogen and oxygen atoms in total. The van der Waals surface area contributed by atoms with Crippen LogP contribution in [-0.2, 0) is 0 Å². The molecule has 1 aliphatic carbocycles. The number of H-pyrrole nitrogens is 1. The minimum atomic E-state index is -0.533. The van der Waals surface area contributed by atoms with Crippen LogP contribution in [0.1, 0.15) is 25.8 Å². The van der Waals surface area contributed by atoms with E-state index in [1.807, 2.05) is 6.92 Å². The van der Waals surface area contributed by atoms with Crippen LogP contribution < -0.4 is 11.0 Å². The Bertz CT molecular complexity index is 680. The van der Waals surface area contributed by atoms with E-state index in [-0.39, 0.29) is 16.8 Å². The highest BCUT2D eigenvalue weighted by Gasteiger charge is 2.29. The van der Waals surface area contributed by atoms with Crippen molar-refractivity contribution in [3.63, 3.8) is 0 Å². The summed E-state index contributed by atoms with van der Waals surface area (Å²) in [6.07, 6.45) is 3.00. The van der Waals surface area contributed by atoms with Gasteiger partial charge in [0.25, 0.3) is 0 Å². The van der Waals surface area contributed by atoms with Gasteiger partial charge in [0.05, 0.1) is 6.20 Å². The van der Waals surface area contributed by atoms with Crippen molar-refractivity contribution in [3.05, 3.63) is 22.5 Å². The Balaban J connectivity index is 1.91. The van der Waals surface area contributed by atoms with Gasteiger partial charge in [-0.3, -0.25) is 4.57 Å². The van der Waals surface area contributed by atoms with Gasteiger partial charge in [-0.2, -0.15) is 0 Å². The lowest BCUT2D eigenvalue weighted by Crippen LogP contribution is -2.16. The lowest BCUT2D eigenvalue weighted by atomic mass is 10.6. The molecule has 20 heavy (non-hydrogen) atoms. The first kappa shape index (κ1) is 13.1. The maximum atomic E-state index is 13.8. The summed E-state index contributed by atoms with van der Waals surface area (Å²) in [5, 5.41) is 9.82. The molecule has 2 aromatic heterocycles. The molecule has 1 fully saturated rings. The average molecular weight is 296 g/mol. The Hall–Kier alpha value is -1.90. The van der Waals surface area contributed by atoms with Crippen molar-refractivity contribution >= 4 is 17.7 Å². The highest BCUT2D eigenvalue weighted by atomic mass is 32.2. The largest absolute Gasteiger partial charge is 0.354 e. The van der Waals surface area contributed by atoms with Crippen molar-refractivity contribution in [1.82, 2.24) is 24.7 Å². The molecule has 106 valence electrons. The summed E-state index contributed by atoms with van der Waals surface area (Å²) < 4.78 is 15.3. The number of nitrogens with one attached hydrogen (secondary N) is 2. The third-order valence-corrected chi connectivity index (χ3v) is 3.77. The Kier molecular flexibility index (Phi) is 3.43. The molecule has 3 rings (SSSR count). The van der Waals surface area contributed by atoms with Crippen molar-refractivity contribution in [2.75, 3.05) is 11.9 Å². The van der Waals surface area contributed by atoms with Crippen molar-refractivity contribution in [3.8, 4) is 0 Å². The minimum absolute atomic E-state index is 0.150. The van der Waals surface area contributed by atoms with Crippen LogP contribution in [0, 0.1) is 5.82 Å². The molecule has 0 radical (unpaired) electrons. The van der Waals surface area contributed by atoms with E-state index in [2.05, 4.69) is 25.5 Å². The van der Waals surface area contributed by atoms with Crippen LogP contribution in [-0.4, -0.2) is 31.3 Å². The topological polar surface area (TPSA) is 88.5 Å². The molecule has 1 saturated carbocycles. The smallest absolute Gasteiger partial charge is 0.344 e. The zero-order valence-electron chi connectivity index (χ0n) is 10.8. The molecule has 2 aromatic rings. The highest BCUT2D eigenvalue weighted by Crippen LogP contribution is 2.37. The molecule has 0 bridgehead atoms. The molecule has 2 heterocycles. The lowest BCUT2D eigenvalue weighted by molar-refractivity contribution is 0.577. The standard InChI is InChI=1S/C11H13FN6OS/c1-2-13-9-14-5-7(12)8(15-9)20-11-17-16-10(19)18(11)6-3-4-6/h5-6H,2-4H2,1H3,(H,16,19)(H,13,14,15). The number of hydrogen-bond donors (Lipinski definition) is 2. The second kappa shape index (κ2) is 5.23. The second-order valence-corrected chi connectivity index (χ2v) is 5.35. The monoisotopic (exact) mass is 296 g/mol. The molecular formula is C11H13FN6OS. The van der Waals surface area contributed by atoms with Gasteiger partial charge in [0.2, 0.25) is 5.95 Å². The third-order valence-electron chi connectivity index (χ3n) is 2.82. The lowest BCUT2D eigenvalue weighted by Gasteiger charge is -2.06. The maximum Gasteiger partial charge on any atom is 0.344 e. The quantitative estimate of drug-likeness (QED) is 0.811. The molecule has 0 aromatic carbocycles. The van der Waals surface area contributed by atoms with Crippen molar-refractivity contribution in [2.45, 2.75) is 36.0 Å². The Morgan fingerprint density at radius 3 is 3.10 bits per heavy atom. The van der Waals surface area contributed by atoms with Crippen molar-refractivity contribution < 1.29 is 4.39 Å². The van der Waals surface area contributed by atoms with E-state index >= 15 is 0 Å². The predicted octanol–water partition coefficient (Wildman–Crippen LogP) is 1.42. The third kappa shape index (κ3) is 2.53. The van der Waals surface area contributed by atoms with E-state index in [9.17, 15) is 9.18 Å². The SMILES string of the molecule is CCNc1ncc(F)c(Sc2n[nH]c(=O)n2C2CC2)n1. The summed E-state index contributed by atoms with van der Waals surface area (Å²) in [6.45, 7) is 2.54. The van der Waals surface area contributed by atoms with Gasteiger partial charge < -0.3 is 5.32 Å². The molecule has 1 aliphatic rings. The number of aromatic amines is 1. The fourth-order valence-electron chi connectivity index (χ4n) is 1.77. The molecule has 2 N–H and O–H groups in total. The van der Waals surface area contributed by atoms with Crippen LogP contribution in [0.15, 0.2) is 21.2 Å². The zero-order valence-corrected chi connectivity index (χ0v) is 11.6. The van der Waals surface area contributed by atoms with E-state index in [0.717, 1.165) is 30.8 Å². The Labute approximate surface area is 118 Å². The summed E-state index contributed by atoms with van der Waals surface area (Å²) in [4.78, 5) is 19.6. The van der Waals surface area contributed by atoms with E-state index in [4.69, 9.17) is 0 Å². The first-order valence-electron chi connectivity index (χ1n) is 6.30. The Morgan fingerprint density at radius 2 is 2.40 bits per heavy atom. The highest BCUT2D eigenvalue weighted by molar-refractivity contribution is 7.99. The predicted molar refractivity (Wildman–Crippen MR) is 71.4 cm³/mol. The molecule has 0 spiro atoms. The normalized spacial score (nSPS) is 14.5. The van der Waals surface area contributed by atoms with Gasteiger partial charge in [-0.15, -0.1) is 5.10 Å². The first-order valence-corrected chi connectivity index (χ1v) is 7.12. The van der Waals surface area contributed by atoms with Crippen LogP contribution in [0.5, 0.6) is 0 Å². The molecule has 0 saturated heterocycles. The van der Waals surface area contributed by atoms with Crippen LogP contribution in [0.3, 0.4) is 0 Å². The summed E-state index contributed by atoms with van der Waals surface area (Å²) in [6, 6.07) is 0.168. The van der Waals surface area contributed by atoms with Gasteiger partial charge in [0.15, 0.2) is 11.0 Å². The molecular weight excluding hydrogens is 283 g/mol. The first-order chi connectivity index (χ1) is 9.69. The minimum Gasteiger partial charge on any atom is -0.354 e. The fourth-order valence-corrected chi connectivity index (χ4v) is 2.65. The summed E-state index contributed by atoms with van der Waals surface area (Å²) >= 11 is 1.02. The molecule has 0 aliphatic heterocycles. The van der Waals surface area contributed by atoms with Gasteiger partial charge in [0.1, 0.15) is 5.03 Å². The Morgan fingerprint density at radius 1 is 1.60 bits per heavy atom. The number of anilines is 1. The van der Waals surface area contributed by atoms with Crippen LogP contribution >= 0.6 is 11.8 Å². The number of halogens is 1. The molecule has 9 heteroatoms. The van der Waals surface area contributed by atoms with Crippen LogP contribution in [0.25, 0.3) is 0 Å². The summed E-state index contributed by atoms with van der Waals surface area (Å²) in [5.41, 5.74) is -0.267. The van der Waals surface area contributed by atoms with Gasteiger partial charge in [-0.05, 0) is 31.5 Å². The number of aromatic nitrogens is 5. The number of hydrogen-bond acceptors (Lipinski definition) is 6. The van der Waals surface area contributed by atoms with Gasteiger partial charge in [-0.1, -0.05) is 0 Å². The zero-order chi connectivity index (χ0) is 14.1. The number of nitrogens with zero attached hydrogens (tertiary/aromatic N) is 4. The summed E-state index contributed by atoms with van der Waals surface area (Å²) in [5.74, 6) is -0.179. The van der Waals surface area contributed by atoms with E-state index in [0.29, 0.717) is 17.6 Å². The molecule has 0 unspecified atom stereocenters. The summed E-state index contributed by atoms with van der Waals surface area (Å²) in [7, 11) is 0. The van der Waals surface area contributed by atoms with Crippen LogP contribution in [0.4, 0.5) is 10.3 Å². The van der Waals surface area contributed by atoms with E-state index < -0.39 is 5.82 Å². The van der Waals surface area contributed by atoms with Gasteiger partial charge >= 0.3 is 5.69 Å². The average Bonchev–Trinajstić information content (AvgIpc) is 3.19. The maximum absolute atomic E-state index is 13.8. The molecule has 0 amide bonds. The van der Waals surface area contributed by atoms with Crippen molar-refractivity contribution in [2.24, 2.45) is 0 Å². The van der Waals surface area contributed by atoms with Crippen LogP contribution in [0.2, 0.25) is 0 Å². The van der Waals surface area contributed by atoms with Gasteiger partial charge in [-0.25, -0.2) is 24.3 Å². The van der Waals surface area contributed by atoms with E-state index in [1.165, 1.54) is 0 Å². The van der Waals surface area contributed by atoms with Gasteiger partial charge in [0, 0.05) is 12.6 Å².